The number of thiazole rings is 1. The second-order valence-corrected chi connectivity index (χ2v) is 6.99. The molecule has 118 valence electrons. The molecule has 2 heterocycles. The molecule has 1 fully saturated rings. The van der Waals surface area contributed by atoms with Crippen LogP contribution in [0.15, 0.2) is 30.5 Å². The third-order valence-electron chi connectivity index (χ3n) is 4.17. The maximum Gasteiger partial charge on any atom is 0.0897 e. The largest absolute Gasteiger partial charge is 0.380 e. The number of hydrogen-bond donors (Lipinski definition) is 1. The first-order valence-corrected chi connectivity index (χ1v) is 8.79. The Balaban J connectivity index is 1.60. The molecule has 0 spiro atoms. The minimum absolute atomic E-state index is 0.846. The summed E-state index contributed by atoms with van der Waals surface area (Å²) in [5, 5.41) is 4.63. The average Bonchev–Trinajstić information content (AvgIpc) is 2.99. The molecule has 3 rings (SSSR count). The number of aromatic nitrogens is 1. The molecule has 1 aliphatic heterocycles. The van der Waals surface area contributed by atoms with Gasteiger partial charge in [0.1, 0.15) is 0 Å². The van der Waals surface area contributed by atoms with Crippen molar-refractivity contribution in [2.45, 2.75) is 20.4 Å². The van der Waals surface area contributed by atoms with Crippen molar-refractivity contribution in [2.75, 3.05) is 42.9 Å². The van der Waals surface area contributed by atoms with Crippen LogP contribution in [0.1, 0.15) is 16.8 Å². The molecule has 0 radical (unpaired) electrons. The number of nitrogens with zero attached hydrogens (tertiary/aromatic N) is 3. The lowest BCUT2D eigenvalue weighted by atomic mass is 10.2. The van der Waals surface area contributed by atoms with Crippen LogP contribution in [-0.4, -0.2) is 42.6 Å². The van der Waals surface area contributed by atoms with Crippen molar-refractivity contribution in [1.29, 1.82) is 0 Å². The van der Waals surface area contributed by atoms with Gasteiger partial charge in [-0.2, -0.15) is 0 Å². The van der Waals surface area contributed by atoms with E-state index < -0.39 is 0 Å². The van der Waals surface area contributed by atoms with E-state index in [1.54, 1.807) is 11.3 Å². The third-order valence-corrected chi connectivity index (χ3v) is 5.08. The Hall–Kier alpha value is -1.59. The van der Waals surface area contributed by atoms with Crippen LogP contribution in [0.5, 0.6) is 0 Å². The highest BCUT2D eigenvalue weighted by Gasteiger charge is 2.15. The molecule has 0 atom stereocenters. The quantitative estimate of drug-likeness (QED) is 0.918. The van der Waals surface area contributed by atoms with Gasteiger partial charge in [-0.25, -0.2) is 4.98 Å². The van der Waals surface area contributed by atoms with Crippen LogP contribution < -0.4 is 10.2 Å². The van der Waals surface area contributed by atoms with Crippen molar-refractivity contribution in [3.8, 4) is 0 Å². The standard InChI is InChI=1S/C17H24N4S/c1-3-20-7-9-21(10-8-20)16-6-4-5-15(11-16)19-13-17-12-18-14(2)22-17/h4-6,11-12,19H,3,7-10,13H2,1-2H3. The van der Waals surface area contributed by atoms with E-state index in [0.717, 1.165) is 44.3 Å². The van der Waals surface area contributed by atoms with Gasteiger partial charge < -0.3 is 15.1 Å². The summed E-state index contributed by atoms with van der Waals surface area (Å²) >= 11 is 1.75. The van der Waals surface area contributed by atoms with E-state index in [1.807, 2.05) is 13.1 Å². The Morgan fingerprint density at radius 1 is 1.23 bits per heavy atom. The van der Waals surface area contributed by atoms with Gasteiger partial charge in [0.2, 0.25) is 0 Å². The molecule has 1 aromatic carbocycles. The Kier molecular flexibility index (Phi) is 4.95. The van der Waals surface area contributed by atoms with E-state index in [2.05, 4.69) is 51.3 Å². The lowest BCUT2D eigenvalue weighted by Crippen LogP contribution is -2.46. The second-order valence-electron chi connectivity index (χ2n) is 5.67. The summed E-state index contributed by atoms with van der Waals surface area (Å²) in [5.41, 5.74) is 2.50. The first-order valence-electron chi connectivity index (χ1n) is 7.97. The smallest absolute Gasteiger partial charge is 0.0897 e. The summed E-state index contributed by atoms with van der Waals surface area (Å²) in [6, 6.07) is 8.75. The van der Waals surface area contributed by atoms with Gasteiger partial charge in [0, 0.05) is 48.6 Å². The van der Waals surface area contributed by atoms with Gasteiger partial charge in [-0.15, -0.1) is 11.3 Å². The molecule has 1 saturated heterocycles. The fraction of sp³-hybridized carbons (Fsp3) is 0.471. The van der Waals surface area contributed by atoms with Crippen LogP contribution in [-0.2, 0) is 6.54 Å². The number of benzene rings is 1. The van der Waals surface area contributed by atoms with Crippen molar-refractivity contribution >= 4 is 22.7 Å². The molecule has 0 amide bonds. The summed E-state index contributed by atoms with van der Waals surface area (Å²) < 4.78 is 0. The lowest BCUT2D eigenvalue weighted by molar-refractivity contribution is 0.271. The van der Waals surface area contributed by atoms with Gasteiger partial charge in [0.25, 0.3) is 0 Å². The zero-order valence-electron chi connectivity index (χ0n) is 13.4. The normalized spacial score (nSPS) is 16.0. The van der Waals surface area contributed by atoms with Gasteiger partial charge in [-0.1, -0.05) is 13.0 Å². The molecule has 1 N–H and O–H groups in total. The SMILES string of the molecule is CCN1CCN(c2cccc(NCc3cnc(C)s3)c2)CC1. The first kappa shape index (κ1) is 15.3. The minimum Gasteiger partial charge on any atom is -0.380 e. The second kappa shape index (κ2) is 7.11. The van der Waals surface area contributed by atoms with Gasteiger partial charge in [0.15, 0.2) is 0 Å². The highest BCUT2D eigenvalue weighted by Crippen LogP contribution is 2.22. The maximum absolute atomic E-state index is 4.30. The molecule has 0 unspecified atom stereocenters. The highest BCUT2D eigenvalue weighted by molar-refractivity contribution is 7.11. The monoisotopic (exact) mass is 316 g/mol. The van der Waals surface area contributed by atoms with Crippen molar-refractivity contribution in [2.24, 2.45) is 0 Å². The highest BCUT2D eigenvalue weighted by atomic mass is 32.1. The zero-order valence-corrected chi connectivity index (χ0v) is 14.2. The van der Waals surface area contributed by atoms with Crippen LogP contribution in [0.2, 0.25) is 0 Å². The number of anilines is 2. The van der Waals surface area contributed by atoms with Crippen molar-refractivity contribution in [1.82, 2.24) is 9.88 Å². The molecule has 2 aromatic rings. The summed E-state index contributed by atoms with van der Waals surface area (Å²) in [5.74, 6) is 0. The molecule has 0 aliphatic carbocycles. The Morgan fingerprint density at radius 3 is 2.73 bits per heavy atom. The van der Waals surface area contributed by atoms with Gasteiger partial charge in [0.05, 0.1) is 11.6 Å². The minimum atomic E-state index is 0.846. The van der Waals surface area contributed by atoms with Gasteiger partial charge in [-0.05, 0) is 31.7 Å². The Morgan fingerprint density at radius 2 is 2.05 bits per heavy atom. The van der Waals surface area contributed by atoms with E-state index in [-0.39, 0.29) is 0 Å². The summed E-state index contributed by atoms with van der Waals surface area (Å²) in [6.45, 7) is 10.8. The number of piperazine rings is 1. The van der Waals surface area contributed by atoms with E-state index >= 15 is 0 Å². The van der Waals surface area contributed by atoms with E-state index in [4.69, 9.17) is 0 Å². The van der Waals surface area contributed by atoms with E-state index in [9.17, 15) is 0 Å². The molecule has 22 heavy (non-hydrogen) atoms. The Labute approximate surface area is 136 Å². The molecule has 0 saturated carbocycles. The average molecular weight is 316 g/mol. The number of likely N-dealkylation sites (N-methyl/N-ethyl adjacent to an activating group) is 1. The van der Waals surface area contributed by atoms with Crippen molar-refractivity contribution in [3.05, 3.63) is 40.3 Å². The predicted molar refractivity (Wildman–Crippen MR) is 94.9 cm³/mol. The number of aryl methyl sites for hydroxylation is 1. The number of rotatable bonds is 5. The van der Waals surface area contributed by atoms with E-state index in [1.165, 1.54) is 16.3 Å². The number of hydrogen-bond acceptors (Lipinski definition) is 5. The molecular weight excluding hydrogens is 292 g/mol. The number of nitrogens with one attached hydrogen (secondary N) is 1. The van der Waals surface area contributed by atoms with Crippen LogP contribution in [0.25, 0.3) is 0 Å². The van der Waals surface area contributed by atoms with Crippen LogP contribution in [0.3, 0.4) is 0 Å². The molecule has 4 nitrogen and oxygen atoms in total. The Bertz CT molecular complexity index is 602. The predicted octanol–water partition coefficient (Wildman–Crippen LogP) is 3.21. The maximum atomic E-state index is 4.30. The molecule has 1 aliphatic rings. The summed E-state index contributed by atoms with van der Waals surface area (Å²) in [4.78, 5) is 10.6. The van der Waals surface area contributed by atoms with Gasteiger partial charge >= 0.3 is 0 Å². The molecule has 0 bridgehead atoms. The first-order chi connectivity index (χ1) is 10.7. The zero-order chi connectivity index (χ0) is 15.4. The molecular formula is C17H24N4S. The fourth-order valence-electron chi connectivity index (χ4n) is 2.81. The van der Waals surface area contributed by atoms with Gasteiger partial charge in [-0.3, -0.25) is 0 Å². The third kappa shape index (κ3) is 3.78. The lowest BCUT2D eigenvalue weighted by Gasteiger charge is -2.35. The van der Waals surface area contributed by atoms with Crippen molar-refractivity contribution < 1.29 is 0 Å². The molecule has 1 aromatic heterocycles. The molecule has 5 heteroatoms. The van der Waals surface area contributed by atoms with Crippen LogP contribution in [0, 0.1) is 6.92 Å². The van der Waals surface area contributed by atoms with Crippen molar-refractivity contribution in [3.63, 3.8) is 0 Å². The van der Waals surface area contributed by atoms with Crippen LogP contribution in [0.4, 0.5) is 11.4 Å². The summed E-state index contributed by atoms with van der Waals surface area (Å²) in [6.07, 6.45) is 1.96. The van der Waals surface area contributed by atoms with E-state index in [0.29, 0.717) is 0 Å². The summed E-state index contributed by atoms with van der Waals surface area (Å²) in [7, 11) is 0. The fourth-order valence-corrected chi connectivity index (χ4v) is 3.55. The van der Waals surface area contributed by atoms with Crippen LogP contribution >= 0.6 is 11.3 Å². The topological polar surface area (TPSA) is 31.4 Å².